The third kappa shape index (κ3) is 1.33. The predicted molar refractivity (Wildman–Crippen MR) is 40.8 cm³/mol. The van der Waals surface area contributed by atoms with E-state index in [0.29, 0.717) is 5.88 Å². The summed E-state index contributed by atoms with van der Waals surface area (Å²) in [5.74, 6) is 1.58. The van der Waals surface area contributed by atoms with Gasteiger partial charge in [-0.3, -0.25) is 0 Å². The molecule has 0 aromatic rings. The highest BCUT2D eigenvalue weighted by Gasteiger charge is 2.33. The van der Waals surface area contributed by atoms with E-state index < -0.39 is 0 Å². The molecule has 1 heterocycles. The second-order valence-corrected chi connectivity index (χ2v) is 3.94. The van der Waals surface area contributed by atoms with Gasteiger partial charge >= 0.3 is 0 Å². The molecule has 1 nitrogen and oxygen atoms in total. The predicted octanol–water partition coefficient (Wildman–Crippen LogP) is 2.01. The molecule has 1 unspecified atom stereocenters. The summed E-state index contributed by atoms with van der Waals surface area (Å²) < 4.78 is -0.235. The zero-order valence-electron chi connectivity index (χ0n) is 5.06. The maximum absolute atomic E-state index is 8.66. The molecule has 3 heteroatoms. The van der Waals surface area contributed by atoms with Crippen LogP contribution in [0.5, 0.6) is 0 Å². The van der Waals surface area contributed by atoms with Crippen molar-refractivity contribution in [2.24, 2.45) is 0 Å². The Kier molecular flexibility index (Phi) is 2.26. The Balaban J connectivity index is 2.59. The molecule has 0 saturated carbocycles. The monoisotopic (exact) mass is 161 g/mol. The molecule has 0 aliphatic carbocycles. The lowest BCUT2D eigenvalue weighted by molar-refractivity contribution is 0.740. The molecule has 50 valence electrons. The Morgan fingerprint density at radius 3 is 2.78 bits per heavy atom. The lowest BCUT2D eigenvalue weighted by atomic mass is 10.1. The maximum Gasteiger partial charge on any atom is 0.116 e. The molecule has 0 amide bonds. The average Bonchev–Trinajstić information content (AvgIpc) is 2.36. The van der Waals surface area contributed by atoms with Gasteiger partial charge in [-0.2, -0.15) is 5.26 Å². The quantitative estimate of drug-likeness (QED) is 0.550. The van der Waals surface area contributed by atoms with Crippen molar-refractivity contribution in [2.75, 3.05) is 11.6 Å². The second-order valence-electron chi connectivity index (χ2n) is 2.19. The minimum atomic E-state index is -0.235. The fourth-order valence-corrected chi connectivity index (χ4v) is 2.46. The van der Waals surface area contributed by atoms with E-state index in [2.05, 4.69) is 6.07 Å². The Morgan fingerprint density at radius 2 is 2.56 bits per heavy atom. The summed E-state index contributed by atoms with van der Waals surface area (Å²) in [6, 6.07) is 2.26. The van der Waals surface area contributed by atoms with Gasteiger partial charge in [-0.1, -0.05) is 0 Å². The Bertz CT molecular complexity index is 134. The Morgan fingerprint density at radius 1 is 1.78 bits per heavy atom. The standard InChI is InChI=1S/C6H8ClNS/c7-4-6(5-8)2-1-3-9-6/h1-4H2. The van der Waals surface area contributed by atoms with Crippen molar-refractivity contribution in [2.45, 2.75) is 17.6 Å². The van der Waals surface area contributed by atoms with Gasteiger partial charge in [-0.15, -0.1) is 23.4 Å². The minimum Gasteiger partial charge on any atom is -0.197 e. The minimum absolute atomic E-state index is 0.235. The smallest absolute Gasteiger partial charge is 0.116 e. The fraction of sp³-hybridized carbons (Fsp3) is 0.833. The van der Waals surface area contributed by atoms with E-state index in [0.717, 1.165) is 18.6 Å². The molecule has 0 radical (unpaired) electrons. The van der Waals surface area contributed by atoms with Crippen molar-refractivity contribution in [3.05, 3.63) is 0 Å². The summed E-state index contributed by atoms with van der Waals surface area (Å²) in [6.07, 6.45) is 2.11. The summed E-state index contributed by atoms with van der Waals surface area (Å²) in [6.45, 7) is 0. The lowest BCUT2D eigenvalue weighted by Gasteiger charge is -2.13. The molecule has 1 rings (SSSR count). The van der Waals surface area contributed by atoms with Crippen LogP contribution in [0.3, 0.4) is 0 Å². The van der Waals surface area contributed by atoms with Crippen LogP contribution >= 0.6 is 23.4 Å². The van der Waals surface area contributed by atoms with E-state index >= 15 is 0 Å². The van der Waals surface area contributed by atoms with Gasteiger partial charge in [-0.25, -0.2) is 0 Å². The van der Waals surface area contributed by atoms with Crippen molar-refractivity contribution in [1.29, 1.82) is 5.26 Å². The van der Waals surface area contributed by atoms with Crippen LogP contribution in [0.25, 0.3) is 0 Å². The first-order chi connectivity index (χ1) is 4.33. The van der Waals surface area contributed by atoms with E-state index in [1.807, 2.05) is 0 Å². The van der Waals surface area contributed by atoms with Gasteiger partial charge in [0.2, 0.25) is 0 Å². The molecule has 0 aromatic heterocycles. The fourth-order valence-electron chi connectivity index (χ4n) is 0.921. The van der Waals surface area contributed by atoms with Crippen LogP contribution in [0, 0.1) is 11.3 Å². The van der Waals surface area contributed by atoms with Gasteiger partial charge in [0.1, 0.15) is 4.75 Å². The van der Waals surface area contributed by atoms with Gasteiger partial charge in [0.25, 0.3) is 0 Å². The first-order valence-electron chi connectivity index (χ1n) is 2.94. The highest BCUT2D eigenvalue weighted by atomic mass is 35.5. The SMILES string of the molecule is N#CC1(CCl)CCCS1. The molecular formula is C6H8ClNS. The van der Waals surface area contributed by atoms with E-state index in [9.17, 15) is 0 Å². The third-order valence-electron chi connectivity index (χ3n) is 1.52. The largest absolute Gasteiger partial charge is 0.197 e. The molecule has 0 N–H and O–H groups in total. The van der Waals surface area contributed by atoms with Crippen LogP contribution in [-0.4, -0.2) is 16.4 Å². The van der Waals surface area contributed by atoms with Gasteiger partial charge in [0, 0.05) is 0 Å². The number of hydrogen-bond acceptors (Lipinski definition) is 2. The van der Waals surface area contributed by atoms with Crippen LogP contribution in [0.15, 0.2) is 0 Å². The summed E-state index contributed by atoms with van der Waals surface area (Å²) in [5.41, 5.74) is 0. The summed E-state index contributed by atoms with van der Waals surface area (Å²) in [7, 11) is 0. The summed E-state index contributed by atoms with van der Waals surface area (Å²) in [4.78, 5) is 0. The van der Waals surface area contributed by atoms with E-state index in [-0.39, 0.29) is 4.75 Å². The zero-order chi connectivity index (χ0) is 6.74. The number of alkyl halides is 1. The number of nitrogens with zero attached hydrogens (tertiary/aromatic N) is 1. The second kappa shape index (κ2) is 2.81. The van der Waals surface area contributed by atoms with E-state index in [1.165, 1.54) is 0 Å². The summed E-state index contributed by atoms with van der Waals surface area (Å²) in [5, 5.41) is 8.66. The Labute approximate surface area is 64.4 Å². The number of rotatable bonds is 1. The van der Waals surface area contributed by atoms with Gasteiger partial charge in [-0.05, 0) is 18.6 Å². The topological polar surface area (TPSA) is 23.8 Å². The molecule has 1 atom stereocenters. The zero-order valence-corrected chi connectivity index (χ0v) is 6.63. The number of hydrogen-bond donors (Lipinski definition) is 0. The van der Waals surface area contributed by atoms with Crippen molar-refractivity contribution in [1.82, 2.24) is 0 Å². The molecule has 9 heavy (non-hydrogen) atoms. The van der Waals surface area contributed by atoms with Crippen molar-refractivity contribution in [3.8, 4) is 6.07 Å². The average molecular weight is 162 g/mol. The van der Waals surface area contributed by atoms with Crippen LogP contribution in [0.4, 0.5) is 0 Å². The van der Waals surface area contributed by atoms with Crippen molar-refractivity contribution < 1.29 is 0 Å². The number of halogens is 1. The number of nitriles is 1. The molecule has 0 bridgehead atoms. The third-order valence-corrected chi connectivity index (χ3v) is 3.62. The molecule has 1 saturated heterocycles. The normalized spacial score (nSPS) is 34.2. The van der Waals surface area contributed by atoms with Crippen LogP contribution in [0.1, 0.15) is 12.8 Å². The first kappa shape index (κ1) is 7.24. The molecule has 1 aliphatic rings. The van der Waals surface area contributed by atoms with Gasteiger partial charge < -0.3 is 0 Å². The molecule has 0 spiro atoms. The van der Waals surface area contributed by atoms with Crippen LogP contribution in [0.2, 0.25) is 0 Å². The molecule has 1 aliphatic heterocycles. The number of thioether (sulfide) groups is 1. The van der Waals surface area contributed by atoms with Gasteiger partial charge in [0.05, 0.1) is 11.9 Å². The van der Waals surface area contributed by atoms with Crippen LogP contribution < -0.4 is 0 Å². The van der Waals surface area contributed by atoms with Crippen molar-refractivity contribution in [3.63, 3.8) is 0 Å². The molecule has 1 fully saturated rings. The highest BCUT2D eigenvalue weighted by Crippen LogP contribution is 2.38. The highest BCUT2D eigenvalue weighted by molar-refractivity contribution is 8.01. The molecular weight excluding hydrogens is 154 g/mol. The summed E-state index contributed by atoms with van der Waals surface area (Å²) >= 11 is 7.32. The van der Waals surface area contributed by atoms with Crippen LogP contribution in [-0.2, 0) is 0 Å². The lowest BCUT2D eigenvalue weighted by Crippen LogP contribution is -2.19. The van der Waals surface area contributed by atoms with E-state index in [1.54, 1.807) is 11.8 Å². The molecule has 0 aromatic carbocycles. The maximum atomic E-state index is 8.66. The Hall–Kier alpha value is 0.130. The first-order valence-corrected chi connectivity index (χ1v) is 4.46. The van der Waals surface area contributed by atoms with Crippen molar-refractivity contribution >= 4 is 23.4 Å². The van der Waals surface area contributed by atoms with Gasteiger partial charge in [0.15, 0.2) is 0 Å². The van der Waals surface area contributed by atoms with E-state index in [4.69, 9.17) is 16.9 Å².